The molecule has 0 heterocycles. The van der Waals surface area contributed by atoms with Crippen molar-refractivity contribution < 1.29 is 14.0 Å². The second-order valence-corrected chi connectivity index (χ2v) is 8.06. The maximum atomic E-state index is 14.5. The van der Waals surface area contributed by atoms with Crippen LogP contribution >= 0.6 is 0 Å². The zero-order valence-corrected chi connectivity index (χ0v) is 17.4. The van der Waals surface area contributed by atoms with Gasteiger partial charge in [0.2, 0.25) is 5.91 Å². The molecule has 0 radical (unpaired) electrons. The van der Waals surface area contributed by atoms with Gasteiger partial charge in [0, 0.05) is 5.56 Å². The molecular formula is C26H25FN2O2. The van der Waals surface area contributed by atoms with Crippen LogP contribution in [0.15, 0.2) is 78.9 Å². The van der Waals surface area contributed by atoms with Crippen molar-refractivity contribution in [3.8, 4) is 0 Å². The monoisotopic (exact) mass is 416 g/mol. The smallest absolute Gasteiger partial charge is 0.255 e. The molecule has 1 saturated carbocycles. The fourth-order valence-corrected chi connectivity index (χ4v) is 4.03. The molecule has 3 aromatic rings. The van der Waals surface area contributed by atoms with Crippen LogP contribution in [-0.4, -0.2) is 16.7 Å². The highest BCUT2D eigenvalue weighted by Gasteiger charge is 2.35. The molecule has 5 heteroatoms. The average molecular weight is 416 g/mol. The molecule has 3 aromatic carbocycles. The summed E-state index contributed by atoms with van der Waals surface area (Å²) in [5.74, 6) is -0.950. The van der Waals surface area contributed by atoms with Crippen molar-refractivity contribution in [2.75, 3.05) is 0 Å². The third-order valence-corrected chi connectivity index (χ3v) is 5.81. The number of nitrogens with zero attached hydrogens (tertiary/aromatic N) is 1. The van der Waals surface area contributed by atoms with E-state index in [1.54, 1.807) is 54.6 Å². The Bertz CT molecular complexity index is 1080. The first-order chi connectivity index (χ1) is 15.0. The highest BCUT2D eigenvalue weighted by molar-refractivity contribution is 5.98. The first-order valence-corrected chi connectivity index (χ1v) is 10.5. The van der Waals surface area contributed by atoms with E-state index in [2.05, 4.69) is 0 Å². The Kier molecular flexibility index (Phi) is 5.85. The minimum Gasteiger partial charge on any atom is -0.368 e. The van der Waals surface area contributed by atoms with Gasteiger partial charge in [0.1, 0.15) is 11.9 Å². The van der Waals surface area contributed by atoms with Crippen molar-refractivity contribution in [2.45, 2.75) is 37.8 Å². The SMILES string of the molecule is C[C@H](c1cc(F)cc(C2CC2)c1)N(C(=O)c1ccccc1)[C@H](C(N)=O)c1ccccc1. The van der Waals surface area contributed by atoms with E-state index < -0.39 is 18.0 Å². The van der Waals surface area contributed by atoms with E-state index in [0.29, 0.717) is 22.6 Å². The van der Waals surface area contributed by atoms with E-state index in [1.165, 1.54) is 11.0 Å². The minimum atomic E-state index is -0.989. The number of amides is 2. The summed E-state index contributed by atoms with van der Waals surface area (Å²) in [6, 6.07) is 21.1. The van der Waals surface area contributed by atoms with Crippen molar-refractivity contribution in [1.29, 1.82) is 0 Å². The zero-order chi connectivity index (χ0) is 22.0. The lowest BCUT2D eigenvalue weighted by Gasteiger charge is -2.36. The number of nitrogens with two attached hydrogens (primary N) is 1. The van der Waals surface area contributed by atoms with Crippen molar-refractivity contribution in [3.05, 3.63) is 107 Å². The quantitative estimate of drug-likeness (QED) is 0.580. The normalized spacial score (nSPS) is 15.2. The summed E-state index contributed by atoms with van der Waals surface area (Å²) in [7, 11) is 0. The Labute approximate surface area is 181 Å². The minimum absolute atomic E-state index is 0.335. The third-order valence-electron chi connectivity index (χ3n) is 5.81. The van der Waals surface area contributed by atoms with E-state index in [-0.39, 0.29) is 11.7 Å². The fourth-order valence-electron chi connectivity index (χ4n) is 4.03. The highest BCUT2D eigenvalue weighted by Crippen LogP contribution is 2.42. The molecule has 2 amide bonds. The van der Waals surface area contributed by atoms with E-state index in [4.69, 9.17) is 5.73 Å². The summed E-state index contributed by atoms with van der Waals surface area (Å²) in [5.41, 5.74) is 8.45. The molecule has 4 rings (SSSR count). The second-order valence-electron chi connectivity index (χ2n) is 8.06. The Balaban J connectivity index is 1.82. The highest BCUT2D eigenvalue weighted by atomic mass is 19.1. The van der Waals surface area contributed by atoms with Gasteiger partial charge in [-0.3, -0.25) is 9.59 Å². The maximum absolute atomic E-state index is 14.5. The molecule has 0 saturated heterocycles. The van der Waals surface area contributed by atoms with Crippen LogP contribution in [-0.2, 0) is 4.79 Å². The van der Waals surface area contributed by atoms with Gasteiger partial charge in [0.05, 0.1) is 6.04 Å². The zero-order valence-electron chi connectivity index (χ0n) is 17.4. The van der Waals surface area contributed by atoms with E-state index in [0.717, 1.165) is 18.4 Å². The molecule has 0 spiro atoms. The van der Waals surface area contributed by atoms with Crippen LogP contribution in [0.4, 0.5) is 4.39 Å². The summed E-state index contributed by atoms with van der Waals surface area (Å²) in [6.07, 6.45) is 2.08. The summed E-state index contributed by atoms with van der Waals surface area (Å²) in [5, 5.41) is 0. The van der Waals surface area contributed by atoms with Crippen LogP contribution in [0.5, 0.6) is 0 Å². The van der Waals surface area contributed by atoms with Gasteiger partial charge in [0.15, 0.2) is 0 Å². The van der Waals surface area contributed by atoms with E-state index >= 15 is 0 Å². The lowest BCUT2D eigenvalue weighted by Crippen LogP contribution is -2.43. The molecule has 1 aliphatic carbocycles. The number of hydrogen-bond acceptors (Lipinski definition) is 2. The van der Waals surface area contributed by atoms with Crippen LogP contribution < -0.4 is 5.73 Å². The first-order valence-electron chi connectivity index (χ1n) is 10.5. The predicted molar refractivity (Wildman–Crippen MR) is 118 cm³/mol. The molecule has 0 aliphatic heterocycles. The lowest BCUT2D eigenvalue weighted by atomic mass is 9.96. The van der Waals surface area contributed by atoms with Gasteiger partial charge in [-0.1, -0.05) is 54.6 Å². The van der Waals surface area contributed by atoms with Gasteiger partial charge >= 0.3 is 0 Å². The summed E-state index contributed by atoms with van der Waals surface area (Å²) in [6.45, 7) is 1.81. The predicted octanol–water partition coefficient (Wildman–Crippen LogP) is 5.13. The molecule has 0 aromatic heterocycles. The Morgan fingerprint density at radius 1 is 0.935 bits per heavy atom. The third kappa shape index (κ3) is 4.50. The second kappa shape index (κ2) is 8.72. The summed E-state index contributed by atoms with van der Waals surface area (Å²) < 4.78 is 14.5. The first kappa shape index (κ1) is 20.8. The molecule has 158 valence electrons. The van der Waals surface area contributed by atoms with Crippen LogP contribution in [0.25, 0.3) is 0 Å². The van der Waals surface area contributed by atoms with Gasteiger partial charge < -0.3 is 10.6 Å². The Morgan fingerprint density at radius 3 is 2.13 bits per heavy atom. The molecule has 4 nitrogen and oxygen atoms in total. The van der Waals surface area contributed by atoms with Crippen molar-refractivity contribution in [3.63, 3.8) is 0 Å². The fraction of sp³-hybridized carbons (Fsp3) is 0.231. The van der Waals surface area contributed by atoms with Gasteiger partial charge in [-0.05, 0) is 66.6 Å². The van der Waals surface area contributed by atoms with E-state index in [1.807, 2.05) is 25.1 Å². The molecule has 2 N–H and O–H groups in total. The summed E-state index contributed by atoms with van der Waals surface area (Å²) in [4.78, 5) is 27.7. The average Bonchev–Trinajstić information content (AvgIpc) is 3.62. The number of halogens is 1. The molecule has 0 unspecified atom stereocenters. The Hall–Kier alpha value is -3.47. The van der Waals surface area contributed by atoms with Crippen LogP contribution in [0, 0.1) is 5.82 Å². The van der Waals surface area contributed by atoms with Gasteiger partial charge in [-0.25, -0.2) is 4.39 Å². The molecule has 31 heavy (non-hydrogen) atoms. The standard InChI is InChI=1S/C26H25FN2O2/c1-17(21-14-22(18-12-13-18)16-23(27)15-21)29(26(31)20-10-6-3-7-11-20)24(25(28)30)19-8-4-2-5-9-19/h2-11,14-18,24H,12-13H2,1H3,(H2,28,30)/t17-,24+/m1/s1. The number of carbonyl (C=O) groups is 2. The molecule has 1 aliphatic rings. The van der Waals surface area contributed by atoms with Gasteiger partial charge in [-0.15, -0.1) is 0 Å². The number of rotatable bonds is 7. The number of benzene rings is 3. The van der Waals surface area contributed by atoms with E-state index in [9.17, 15) is 14.0 Å². The van der Waals surface area contributed by atoms with Crippen LogP contribution in [0.3, 0.4) is 0 Å². The molecular weight excluding hydrogens is 391 g/mol. The van der Waals surface area contributed by atoms with Gasteiger partial charge in [-0.2, -0.15) is 0 Å². The number of hydrogen-bond donors (Lipinski definition) is 1. The topological polar surface area (TPSA) is 63.4 Å². The number of carbonyl (C=O) groups excluding carboxylic acids is 2. The summed E-state index contributed by atoms with van der Waals surface area (Å²) >= 11 is 0. The maximum Gasteiger partial charge on any atom is 0.255 e. The van der Waals surface area contributed by atoms with Crippen molar-refractivity contribution in [1.82, 2.24) is 4.90 Å². The molecule has 1 fully saturated rings. The Morgan fingerprint density at radius 2 is 1.55 bits per heavy atom. The number of primary amides is 1. The van der Waals surface area contributed by atoms with Crippen molar-refractivity contribution >= 4 is 11.8 Å². The van der Waals surface area contributed by atoms with Crippen LogP contribution in [0.1, 0.15) is 64.8 Å². The van der Waals surface area contributed by atoms with Crippen molar-refractivity contribution in [2.24, 2.45) is 5.73 Å². The molecule has 0 bridgehead atoms. The van der Waals surface area contributed by atoms with Gasteiger partial charge in [0.25, 0.3) is 5.91 Å². The lowest BCUT2D eigenvalue weighted by molar-refractivity contribution is -0.123. The van der Waals surface area contributed by atoms with Crippen LogP contribution in [0.2, 0.25) is 0 Å². The molecule has 2 atom stereocenters. The largest absolute Gasteiger partial charge is 0.368 e.